The average molecular weight is 746 g/mol. The Balaban J connectivity index is 0.000000165. The molecule has 0 aromatic heterocycles. The maximum absolute atomic E-state index is 6.59. The molecule has 3 nitrogen and oxygen atoms in total. The fourth-order valence-electron chi connectivity index (χ4n) is 9.35. The Morgan fingerprint density at radius 2 is 0.947 bits per heavy atom. The predicted octanol–water partition coefficient (Wildman–Crippen LogP) is 9.45. The summed E-state index contributed by atoms with van der Waals surface area (Å²) in [6.07, 6.45) is 1.04. The molecule has 2 aliphatic rings. The molecule has 0 unspecified atom stereocenters. The summed E-state index contributed by atoms with van der Waals surface area (Å²) in [5, 5.41) is 0. The van der Waals surface area contributed by atoms with Crippen LogP contribution < -0.4 is 21.9 Å². The summed E-state index contributed by atoms with van der Waals surface area (Å²) in [6.45, 7) is 9.25. The van der Waals surface area contributed by atoms with Gasteiger partial charge in [0, 0.05) is 17.0 Å². The lowest BCUT2D eigenvalue weighted by molar-refractivity contribution is -0.635. The molecule has 4 heteroatoms. The monoisotopic (exact) mass is 745 g/mol. The molecule has 2 aliphatic heterocycles. The zero-order valence-electron chi connectivity index (χ0n) is 33.5. The predicted molar refractivity (Wildman–Crippen MR) is 239 cm³/mol. The molecule has 1 fully saturated rings. The van der Waals surface area contributed by atoms with Gasteiger partial charge < -0.3 is 9.47 Å². The number of benzene rings is 7. The Kier molecular flexibility index (Phi) is 11.2. The summed E-state index contributed by atoms with van der Waals surface area (Å²) in [5.41, 5.74) is 11.7. The van der Waals surface area contributed by atoms with Crippen molar-refractivity contribution in [1.82, 2.24) is 0 Å². The van der Waals surface area contributed by atoms with E-state index in [1.54, 1.807) is 0 Å². The van der Waals surface area contributed by atoms with E-state index in [9.17, 15) is 0 Å². The lowest BCUT2D eigenvalue weighted by atomic mass is 9.13. The first-order valence-corrected chi connectivity index (χ1v) is 20.4. The largest absolute Gasteiger partial charge is 0.343 e. The van der Waals surface area contributed by atoms with Crippen LogP contribution in [0.5, 0.6) is 0 Å². The maximum atomic E-state index is 6.59. The molecule has 0 N–H and O–H groups in total. The minimum absolute atomic E-state index is 0.0528. The van der Waals surface area contributed by atoms with Crippen LogP contribution >= 0.6 is 0 Å². The molecule has 0 spiro atoms. The van der Waals surface area contributed by atoms with E-state index in [0.29, 0.717) is 12.5 Å². The van der Waals surface area contributed by atoms with Crippen molar-refractivity contribution in [1.29, 1.82) is 0 Å². The van der Waals surface area contributed by atoms with Gasteiger partial charge in [0.05, 0.1) is 0 Å². The van der Waals surface area contributed by atoms with Crippen LogP contribution in [0.4, 0.5) is 0 Å². The van der Waals surface area contributed by atoms with Gasteiger partial charge >= 0.3 is 0 Å². The quantitative estimate of drug-likeness (QED) is 0.120. The average Bonchev–Trinajstić information content (AvgIpc) is 3.41. The Morgan fingerprint density at radius 1 is 0.526 bits per heavy atom. The van der Waals surface area contributed by atoms with Crippen molar-refractivity contribution in [3.05, 3.63) is 217 Å². The topological polar surface area (TPSA) is 21.5 Å². The lowest BCUT2D eigenvalue weighted by Gasteiger charge is -2.44. The van der Waals surface area contributed by atoms with Crippen LogP contribution in [0, 0.1) is 5.92 Å². The smallest absolute Gasteiger partial charge is 0.206 e. The second kappa shape index (κ2) is 16.7. The summed E-state index contributed by atoms with van der Waals surface area (Å²) in [7, 11) is 0. The number of hydrogen-bond donors (Lipinski definition) is 0. The Morgan fingerprint density at radius 3 is 1.44 bits per heavy atom. The second-order valence-electron chi connectivity index (χ2n) is 16.2. The number of hydrogen-bond acceptors (Lipinski definition) is 2. The molecule has 3 atom stereocenters. The summed E-state index contributed by atoms with van der Waals surface area (Å²) in [5.74, 6) is -0.209. The third kappa shape index (κ3) is 7.68. The van der Waals surface area contributed by atoms with Crippen molar-refractivity contribution in [3.63, 3.8) is 0 Å². The summed E-state index contributed by atoms with van der Waals surface area (Å²) in [6, 6.07) is 71.9. The van der Waals surface area contributed by atoms with Crippen LogP contribution in [0.1, 0.15) is 56.5 Å². The highest BCUT2D eigenvalue weighted by atomic mass is 16.7. The Bertz CT molecular complexity index is 2230. The van der Waals surface area contributed by atoms with Gasteiger partial charge in [-0.1, -0.05) is 208 Å². The van der Waals surface area contributed by atoms with Gasteiger partial charge in [-0.05, 0) is 36.6 Å². The SMILES string of the molecule is CC(C)[C@@H]1c2ccccc2-c2ccccc2C=[N+]1[C@H]1COC(C)(C)O[C@H]1c1ccccc1.c1ccc([B-](c2ccccc2)(c2ccccc2)c2ccccc2)cc1. The third-order valence-corrected chi connectivity index (χ3v) is 11.8. The van der Waals surface area contributed by atoms with Gasteiger partial charge in [-0.2, -0.15) is 21.9 Å². The number of nitrogens with zero attached hydrogens (tertiary/aromatic N) is 1. The highest BCUT2D eigenvalue weighted by Crippen LogP contribution is 2.42. The summed E-state index contributed by atoms with van der Waals surface area (Å²) >= 11 is 0. The minimum atomic E-state index is -1.22. The van der Waals surface area contributed by atoms with Crippen LogP contribution in [0.25, 0.3) is 11.1 Å². The highest BCUT2D eigenvalue weighted by molar-refractivity contribution is 7.19. The highest BCUT2D eigenvalue weighted by Gasteiger charge is 2.47. The summed E-state index contributed by atoms with van der Waals surface area (Å²) < 4.78 is 15.3. The molecular weight excluding hydrogens is 693 g/mol. The maximum Gasteiger partial charge on any atom is 0.206 e. The van der Waals surface area contributed by atoms with E-state index in [4.69, 9.17) is 9.47 Å². The standard InChI is InChI=1S/C29H32NO2.C24H20B/c1-20(2)27-25-17-11-10-16-24(25)23-15-9-8-14-22(23)18-30(27)26-19-31-29(3,4)32-28(26)21-12-6-5-7-13-21;1-5-13-21(14-6-1)25(22-15-7-2-8-16-22,23-17-9-3-10-18-23)24-19-11-4-12-20-24/h5-18,20,26-28H,19H2,1-4H3;1-20H/q+1;-1/t26-,27+,28-;/m0./s1. The van der Waals surface area contributed by atoms with E-state index in [0.717, 1.165) is 0 Å². The van der Waals surface area contributed by atoms with Gasteiger partial charge in [-0.3, -0.25) is 0 Å². The van der Waals surface area contributed by atoms with Crippen molar-refractivity contribution in [2.24, 2.45) is 5.92 Å². The van der Waals surface area contributed by atoms with E-state index in [2.05, 4.69) is 225 Å². The molecule has 0 amide bonds. The fourth-order valence-corrected chi connectivity index (χ4v) is 9.35. The van der Waals surface area contributed by atoms with E-state index < -0.39 is 11.9 Å². The van der Waals surface area contributed by atoms with Gasteiger partial charge in [0.1, 0.15) is 18.9 Å². The molecule has 0 bridgehead atoms. The first-order chi connectivity index (χ1) is 27.9. The van der Waals surface area contributed by atoms with Crippen molar-refractivity contribution in [2.75, 3.05) is 6.61 Å². The molecule has 0 aliphatic carbocycles. The molecule has 284 valence electrons. The molecule has 7 aromatic rings. The molecule has 57 heavy (non-hydrogen) atoms. The Labute approximate surface area is 339 Å². The van der Waals surface area contributed by atoms with Gasteiger partial charge in [0.25, 0.3) is 0 Å². The zero-order valence-corrected chi connectivity index (χ0v) is 33.5. The van der Waals surface area contributed by atoms with E-state index in [-0.39, 0.29) is 18.2 Å². The third-order valence-electron chi connectivity index (χ3n) is 11.8. The van der Waals surface area contributed by atoms with E-state index >= 15 is 0 Å². The molecule has 1 saturated heterocycles. The Hall–Kier alpha value is -5.81. The van der Waals surface area contributed by atoms with E-state index in [1.807, 2.05) is 13.8 Å². The van der Waals surface area contributed by atoms with Gasteiger partial charge in [-0.15, -0.1) is 0 Å². The first-order valence-electron chi connectivity index (χ1n) is 20.4. The van der Waals surface area contributed by atoms with Crippen molar-refractivity contribution < 1.29 is 14.0 Å². The van der Waals surface area contributed by atoms with Crippen molar-refractivity contribution in [2.45, 2.75) is 51.7 Å². The normalized spacial score (nSPS) is 18.5. The van der Waals surface area contributed by atoms with Crippen molar-refractivity contribution >= 4 is 34.2 Å². The van der Waals surface area contributed by atoms with Crippen LogP contribution in [0.2, 0.25) is 0 Å². The molecule has 9 rings (SSSR count). The van der Waals surface area contributed by atoms with Gasteiger partial charge in [0.2, 0.25) is 6.04 Å². The molecule has 0 radical (unpaired) electrons. The van der Waals surface area contributed by atoms with E-state index in [1.165, 1.54) is 49.7 Å². The lowest BCUT2D eigenvalue weighted by Crippen LogP contribution is -2.74. The fraction of sp³-hybridized carbons (Fsp3) is 0.189. The number of ether oxygens (including phenoxy) is 2. The molecular formula is C53H52BNO2. The molecule has 7 aromatic carbocycles. The minimum Gasteiger partial charge on any atom is -0.343 e. The van der Waals surface area contributed by atoms with Crippen LogP contribution in [-0.4, -0.2) is 35.4 Å². The first kappa shape index (κ1) is 38.1. The number of fused-ring (bicyclic) bond motifs is 3. The number of rotatable bonds is 7. The van der Waals surface area contributed by atoms with Crippen LogP contribution in [0.15, 0.2) is 200 Å². The van der Waals surface area contributed by atoms with Crippen LogP contribution in [0.3, 0.4) is 0 Å². The van der Waals surface area contributed by atoms with Gasteiger partial charge in [-0.25, -0.2) is 4.58 Å². The van der Waals surface area contributed by atoms with Crippen molar-refractivity contribution in [3.8, 4) is 11.1 Å². The summed E-state index contributed by atoms with van der Waals surface area (Å²) in [4.78, 5) is 0. The molecule has 2 heterocycles. The van der Waals surface area contributed by atoms with Crippen LogP contribution in [-0.2, 0) is 9.47 Å². The van der Waals surface area contributed by atoms with Gasteiger partial charge in [0.15, 0.2) is 18.0 Å². The zero-order chi connectivity index (χ0) is 39.2. The second-order valence-corrected chi connectivity index (χ2v) is 16.2. The molecule has 0 saturated carbocycles.